The van der Waals surface area contributed by atoms with Crippen molar-refractivity contribution in [3.8, 4) is 5.75 Å². The molecule has 0 bridgehead atoms. The molecule has 1 aromatic rings. The fourth-order valence-electron chi connectivity index (χ4n) is 4.20. The Morgan fingerprint density at radius 3 is 2.74 bits per heavy atom. The molecule has 0 radical (unpaired) electrons. The van der Waals surface area contributed by atoms with Gasteiger partial charge in [-0.25, -0.2) is 4.72 Å². The average Bonchev–Trinajstić information content (AvgIpc) is 3.19. The normalized spacial score (nSPS) is 19.5. The molecular formula is C22H35N3O5S. The van der Waals surface area contributed by atoms with Gasteiger partial charge in [0.25, 0.3) is 10.2 Å². The Kier molecular flexibility index (Phi) is 8.32. The van der Waals surface area contributed by atoms with Gasteiger partial charge in [-0.15, -0.1) is 0 Å². The summed E-state index contributed by atoms with van der Waals surface area (Å²) in [7, 11) is -3.60. The van der Waals surface area contributed by atoms with E-state index in [1.165, 1.54) is 15.4 Å². The first-order chi connectivity index (χ1) is 14.7. The van der Waals surface area contributed by atoms with Crippen LogP contribution in [0, 0.1) is 11.8 Å². The summed E-state index contributed by atoms with van der Waals surface area (Å²) in [5.74, 6) is 0.936. The zero-order chi connectivity index (χ0) is 22.4. The highest BCUT2D eigenvalue weighted by Crippen LogP contribution is 2.27. The Balaban J connectivity index is 1.38. The second-order valence-corrected chi connectivity index (χ2v) is 10.6. The smallest absolute Gasteiger partial charge is 0.304 e. The lowest BCUT2D eigenvalue weighted by molar-refractivity contribution is -0.136. The standard InChI is InChI=1S/C22H35N3O5S/c1-16(13-19-3-4-21-20(14-19)8-12-30-21)17(2)23-15-18-6-10-25(11-7-18)31(28,29)24-9-5-22(26)27/h3-4,14,16-18,23-24H,5-13,15H2,1-2H3,(H,26,27). The van der Waals surface area contributed by atoms with E-state index in [9.17, 15) is 13.2 Å². The van der Waals surface area contributed by atoms with E-state index >= 15 is 0 Å². The number of ether oxygens (including phenoxy) is 1. The van der Waals surface area contributed by atoms with Crippen LogP contribution < -0.4 is 14.8 Å². The van der Waals surface area contributed by atoms with Crippen molar-refractivity contribution < 1.29 is 23.1 Å². The maximum atomic E-state index is 12.3. The minimum Gasteiger partial charge on any atom is -0.493 e. The zero-order valence-electron chi connectivity index (χ0n) is 18.5. The number of hydrogen-bond donors (Lipinski definition) is 3. The highest BCUT2D eigenvalue weighted by molar-refractivity contribution is 7.87. The number of benzene rings is 1. The van der Waals surface area contributed by atoms with Crippen molar-refractivity contribution in [2.45, 2.75) is 52.0 Å². The van der Waals surface area contributed by atoms with Crippen LogP contribution in [0.3, 0.4) is 0 Å². The van der Waals surface area contributed by atoms with E-state index in [0.29, 0.717) is 31.0 Å². The number of carbonyl (C=O) groups is 1. The van der Waals surface area contributed by atoms with Crippen LogP contribution in [0.5, 0.6) is 5.75 Å². The second kappa shape index (κ2) is 10.8. The Morgan fingerprint density at radius 2 is 2.03 bits per heavy atom. The van der Waals surface area contributed by atoms with Crippen LogP contribution in [-0.4, -0.2) is 62.6 Å². The lowest BCUT2D eigenvalue weighted by atomic mass is 9.92. The van der Waals surface area contributed by atoms with Crippen LogP contribution >= 0.6 is 0 Å². The van der Waals surface area contributed by atoms with Gasteiger partial charge in [0.1, 0.15) is 5.75 Å². The van der Waals surface area contributed by atoms with E-state index < -0.39 is 16.2 Å². The van der Waals surface area contributed by atoms with Crippen molar-refractivity contribution in [1.82, 2.24) is 14.3 Å². The van der Waals surface area contributed by atoms with Crippen molar-refractivity contribution in [2.24, 2.45) is 11.8 Å². The van der Waals surface area contributed by atoms with Crippen molar-refractivity contribution in [2.75, 3.05) is 32.8 Å². The lowest BCUT2D eigenvalue weighted by Crippen LogP contribution is -2.47. The largest absolute Gasteiger partial charge is 0.493 e. The fraction of sp³-hybridized carbons (Fsp3) is 0.682. The summed E-state index contributed by atoms with van der Waals surface area (Å²) in [5, 5.41) is 12.3. The van der Waals surface area contributed by atoms with E-state index in [2.05, 4.69) is 42.1 Å². The first-order valence-corrected chi connectivity index (χ1v) is 12.6. The molecule has 174 valence electrons. The van der Waals surface area contributed by atoms with Gasteiger partial charge in [-0.3, -0.25) is 4.79 Å². The number of aliphatic carboxylic acids is 1. The van der Waals surface area contributed by atoms with Gasteiger partial charge >= 0.3 is 5.97 Å². The molecule has 0 aromatic heterocycles. The summed E-state index contributed by atoms with van der Waals surface area (Å²) in [6.45, 7) is 7.00. The summed E-state index contributed by atoms with van der Waals surface area (Å²) in [5.41, 5.74) is 2.66. The van der Waals surface area contributed by atoms with Crippen molar-refractivity contribution in [3.05, 3.63) is 29.3 Å². The maximum Gasteiger partial charge on any atom is 0.304 e. The highest BCUT2D eigenvalue weighted by Gasteiger charge is 2.28. The quantitative estimate of drug-likeness (QED) is 0.472. The summed E-state index contributed by atoms with van der Waals surface area (Å²) in [6, 6.07) is 6.88. The van der Waals surface area contributed by atoms with Gasteiger partial charge in [0.2, 0.25) is 0 Å². The minimum atomic E-state index is -3.60. The molecule has 0 aliphatic carbocycles. The summed E-state index contributed by atoms with van der Waals surface area (Å²) in [6.07, 6.45) is 3.40. The predicted molar refractivity (Wildman–Crippen MR) is 119 cm³/mol. The molecule has 2 unspecified atom stereocenters. The van der Waals surface area contributed by atoms with E-state index in [1.54, 1.807) is 0 Å². The van der Waals surface area contributed by atoms with E-state index in [4.69, 9.17) is 9.84 Å². The molecule has 2 atom stereocenters. The molecule has 0 amide bonds. The van der Waals surface area contributed by atoms with Crippen LogP contribution in [0.15, 0.2) is 18.2 Å². The molecule has 1 saturated heterocycles. The molecule has 3 rings (SSSR count). The number of nitrogens with one attached hydrogen (secondary N) is 2. The number of hydrogen-bond acceptors (Lipinski definition) is 5. The Labute approximate surface area is 185 Å². The van der Waals surface area contributed by atoms with E-state index in [1.807, 2.05) is 0 Å². The molecule has 31 heavy (non-hydrogen) atoms. The van der Waals surface area contributed by atoms with Crippen LogP contribution in [0.1, 0.15) is 44.2 Å². The first kappa shape index (κ1) is 24.0. The Bertz CT molecular complexity index is 853. The molecule has 1 aromatic carbocycles. The molecule has 2 aliphatic rings. The highest BCUT2D eigenvalue weighted by atomic mass is 32.2. The number of rotatable bonds is 11. The third-order valence-electron chi connectivity index (χ3n) is 6.43. The number of carboxylic acid groups (broad SMARTS) is 1. The molecule has 8 nitrogen and oxygen atoms in total. The van der Waals surface area contributed by atoms with Gasteiger partial charge < -0.3 is 15.2 Å². The summed E-state index contributed by atoms with van der Waals surface area (Å²) in [4.78, 5) is 10.6. The lowest BCUT2D eigenvalue weighted by Gasteiger charge is -2.32. The molecular weight excluding hydrogens is 418 g/mol. The van der Waals surface area contributed by atoms with Crippen LogP contribution in [0.2, 0.25) is 0 Å². The van der Waals surface area contributed by atoms with Gasteiger partial charge in [-0.2, -0.15) is 12.7 Å². The van der Waals surface area contributed by atoms with Crippen molar-refractivity contribution >= 4 is 16.2 Å². The Hall–Kier alpha value is -1.68. The zero-order valence-corrected chi connectivity index (χ0v) is 19.3. The van der Waals surface area contributed by atoms with Gasteiger partial charge in [-0.05, 0) is 61.8 Å². The van der Waals surface area contributed by atoms with Gasteiger partial charge in [-0.1, -0.05) is 19.1 Å². The summed E-state index contributed by atoms with van der Waals surface area (Å²) < 4.78 is 33.9. The van der Waals surface area contributed by atoms with Gasteiger partial charge in [0.05, 0.1) is 13.0 Å². The van der Waals surface area contributed by atoms with Crippen LogP contribution in [0.25, 0.3) is 0 Å². The number of piperidine rings is 1. The molecule has 1 fully saturated rings. The molecule has 2 aliphatic heterocycles. The minimum absolute atomic E-state index is 0.0776. The number of nitrogens with zero attached hydrogens (tertiary/aromatic N) is 1. The third kappa shape index (κ3) is 6.90. The molecule has 9 heteroatoms. The van der Waals surface area contributed by atoms with Gasteiger partial charge in [0.15, 0.2) is 0 Å². The first-order valence-electron chi connectivity index (χ1n) is 11.2. The topological polar surface area (TPSA) is 108 Å². The van der Waals surface area contributed by atoms with Crippen LogP contribution in [-0.2, 0) is 27.8 Å². The monoisotopic (exact) mass is 453 g/mol. The number of carboxylic acids is 1. The van der Waals surface area contributed by atoms with Crippen LogP contribution in [0.4, 0.5) is 0 Å². The molecule has 0 saturated carbocycles. The SMILES string of the molecule is CC(Cc1ccc2c(c1)CCO2)C(C)NCC1CCN(S(=O)(=O)NCCC(=O)O)CC1. The predicted octanol–water partition coefficient (Wildman–Crippen LogP) is 1.80. The fourth-order valence-corrected chi connectivity index (χ4v) is 5.44. The molecule has 0 spiro atoms. The van der Waals surface area contributed by atoms with Gasteiger partial charge in [0, 0.05) is 32.1 Å². The van der Waals surface area contributed by atoms with Crippen molar-refractivity contribution in [3.63, 3.8) is 0 Å². The van der Waals surface area contributed by atoms with Crippen molar-refractivity contribution in [1.29, 1.82) is 0 Å². The number of fused-ring (bicyclic) bond motifs is 1. The maximum absolute atomic E-state index is 12.3. The van der Waals surface area contributed by atoms with E-state index in [-0.39, 0.29) is 13.0 Å². The Morgan fingerprint density at radius 1 is 1.29 bits per heavy atom. The third-order valence-corrected chi connectivity index (χ3v) is 8.04. The van der Waals surface area contributed by atoms with E-state index in [0.717, 1.165) is 44.6 Å². The average molecular weight is 454 g/mol. The molecule has 3 N–H and O–H groups in total. The second-order valence-electron chi connectivity index (χ2n) is 8.80. The summed E-state index contributed by atoms with van der Waals surface area (Å²) >= 11 is 0. The molecule has 2 heterocycles.